The van der Waals surface area contributed by atoms with Crippen LogP contribution in [0.4, 0.5) is 0 Å². The number of esters is 4. The molecule has 0 aliphatic rings. The van der Waals surface area contributed by atoms with Crippen LogP contribution in [0.5, 0.6) is 23.0 Å². The summed E-state index contributed by atoms with van der Waals surface area (Å²) in [6.07, 6.45) is 0.338. The van der Waals surface area contributed by atoms with E-state index in [1.54, 1.807) is 19.1 Å². The van der Waals surface area contributed by atoms with Gasteiger partial charge in [0.1, 0.15) is 54.8 Å². The SMILES string of the molecule is C=C(C)c1cc(CCC(=O)OCC(COC(=O)CCc2cc(C(C)(C)C)c(O)c(C(C)(C)C)c2)(COC(=O)CCc2cc(C(C)(C)C)c(O)c(C(C)(C)C)c2)COC(=O)Cc2cc(C(C)(C)C)c(O)c(C(C)(C)C)c2)cc(C(C)(C)C)c1O. The molecule has 0 saturated heterocycles. The molecule has 0 aliphatic carbocycles. The number of rotatable bonds is 20. The zero-order valence-corrected chi connectivity index (χ0v) is 54.7. The Morgan fingerprint density at radius 2 is 0.566 bits per heavy atom. The molecular weight excluding hydrogens is 1040 g/mol. The van der Waals surface area contributed by atoms with Crippen LogP contribution in [0.2, 0.25) is 0 Å². The summed E-state index contributed by atoms with van der Waals surface area (Å²) in [4.78, 5) is 56.4. The third-order valence-corrected chi connectivity index (χ3v) is 15.2. The highest BCUT2D eigenvalue weighted by Crippen LogP contribution is 2.44. The summed E-state index contributed by atoms with van der Waals surface area (Å²) in [6, 6.07) is 14.9. The van der Waals surface area contributed by atoms with Crippen molar-refractivity contribution in [3.8, 4) is 23.0 Å². The summed E-state index contributed by atoms with van der Waals surface area (Å²) < 4.78 is 24.4. The molecule has 4 rings (SSSR count). The molecule has 12 nitrogen and oxygen atoms in total. The lowest BCUT2D eigenvalue weighted by molar-refractivity contribution is -0.170. The van der Waals surface area contributed by atoms with Gasteiger partial charge in [-0.3, -0.25) is 19.2 Å². The molecule has 0 radical (unpaired) electrons. The van der Waals surface area contributed by atoms with Crippen LogP contribution in [-0.2, 0) is 102 Å². The molecule has 0 aliphatic heterocycles. The molecule has 4 aromatic rings. The molecule has 4 aromatic carbocycles. The maximum absolute atomic E-state index is 14.2. The van der Waals surface area contributed by atoms with Gasteiger partial charge in [0.05, 0.1) is 6.42 Å². The molecule has 12 heteroatoms. The Kier molecular flexibility index (Phi) is 21.6. The van der Waals surface area contributed by atoms with Crippen LogP contribution >= 0.6 is 0 Å². The van der Waals surface area contributed by atoms with Gasteiger partial charge in [-0.1, -0.05) is 194 Å². The van der Waals surface area contributed by atoms with Gasteiger partial charge in [-0.15, -0.1) is 0 Å². The number of carbonyl (C=O) groups excluding carboxylic acids is 4. The number of aromatic hydroxyl groups is 4. The second-order valence-electron chi connectivity index (χ2n) is 30.5. The van der Waals surface area contributed by atoms with Gasteiger partial charge < -0.3 is 39.4 Å². The third kappa shape index (κ3) is 19.1. The monoisotopic (exact) mass is 1150 g/mol. The minimum atomic E-state index is -1.61. The Bertz CT molecular complexity index is 2810. The lowest BCUT2D eigenvalue weighted by atomic mass is 9.78. The summed E-state index contributed by atoms with van der Waals surface area (Å²) in [7, 11) is 0. The van der Waals surface area contributed by atoms with Crippen molar-refractivity contribution in [2.24, 2.45) is 5.41 Å². The van der Waals surface area contributed by atoms with E-state index in [0.717, 1.165) is 38.9 Å². The smallest absolute Gasteiger partial charge is 0.310 e. The Labute approximate surface area is 497 Å². The number of hydrogen-bond donors (Lipinski definition) is 4. The van der Waals surface area contributed by atoms with Crippen LogP contribution in [0.1, 0.15) is 238 Å². The van der Waals surface area contributed by atoms with Crippen LogP contribution in [-0.4, -0.2) is 70.7 Å². The number of aryl methyl sites for hydroxylation is 3. The molecule has 0 amide bonds. The lowest BCUT2D eigenvalue weighted by Gasteiger charge is -2.32. The minimum absolute atomic E-state index is 0.0739. The topological polar surface area (TPSA) is 186 Å². The average Bonchev–Trinajstić information content (AvgIpc) is 3.36. The van der Waals surface area contributed by atoms with Gasteiger partial charge in [0.15, 0.2) is 0 Å². The van der Waals surface area contributed by atoms with Gasteiger partial charge in [0.25, 0.3) is 0 Å². The van der Waals surface area contributed by atoms with E-state index < -0.39 is 93.6 Å². The van der Waals surface area contributed by atoms with Crippen molar-refractivity contribution in [2.75, 3.05) is 26.4 Å². The summed E-state index contributed by atoms with van der Waals surface area (Å²) in [5.74, 6) is -1.77. The quantitative estimate of drug-likeness (QED) is 0.0485. The summed E-state index contributed by atoms with van der Waals surface area (Å²) >= 11 is 0. The maximum atomic E-state index is 14.2. The number of phenolic OH excluding ortho intramolecular Hbond substituents is 4. The molecule has 0 saturated carbocycles. The van der Waals surface area contributed by atoms with Gasteiger partial charge >= 0.3 is 23.9 Å². The van der Waals surface area contributed by atoms with Crippen LogP contribution in [0.15, 0.2) is 55.1 Å². The fourth-order valence-electron chi connectivity index (χ4n) is 10.00. The van der Waals surface area contributed by atoms with E-state index in [9.17, 15) is 39.6 Å². The van der Waals surface area contributed by atoms with Crippen LogP contribution in [0.3, 0.4) is 0 Å². The second kappa shape index (κ2) is 25.9. The number of allylic oxidation sites excluding steroid dienone is 1. The molecule has 0 aromatic heterocycles. The van der Waals surface area contributed by atoms with Crippen molar-refractivity contribution >= 4 is 29.5 Å². The standard InChI is InChI=1S/C71H102O12/c1-43(2)48-30-44(31-49(60(48)76)64(3,4)5)24-27-56(72)80-39-71(42-83-59(75)38-47-36-54(69(18,19)20)63(79)55(37-47)70(21,22)23,40-81-57(73)28-25-45-32-50(65(6,7)8)61(77)51(33-45)66(9,10)11)41-82-58(74)29-26-46-34-52(67(12,13)14)62(78)53(35-46)68(15,16)17/h30-37,76-79H,1,24-29,38-42H2,2-23H3. The van der Waals surface area contributed by atoms with E-state index in [-0.39, 0.29) is 67.9 Å². The molecular formula is C71H102O12. The first kappa shape index (κ1) is 69.2. The molecule has 4 N–H and O–H groups in total. The first-order valence-electron chi connectivity index (χ1n) is 29.4. The lowest BCUT2D eigenvalue weighted by Crippen LogP contribution is -2.44. The van der Waals surface area contributed by atoms with Crippen LogP contribution in [0, 0.1) is 5.41 Å². The summed E-state index contributed by atoms with van der Waals surface area (Å²) in [5, 5.41) is 45.5. The zero-order chi connectivity index (χ0) is 63.4. The van der Waals surface area contributed by atoms with E-state index in [1.807, 2.05) is 182 Å². The zero-order valence-electron chi connectivity index (χ0n) is 54.7. The fraction of sp³-hybridized carbons (Fsp3) is 0.577. The molecule has 0 unspecified atom stereocenters. The van der Waals surface area contributed by atoms with Crippen molar-refractivity contribution in [1.29, 1.82) is 0 Å². The van der Waals surface area contributed by atoms with E-state index in [0.29, 0.717) is 33.4 Å². The van der Waals surface area contributed by atoms with Crippen molar-refractivity contribution in [2.45, 2.75) is 235 Å². The number of ether oxygens (including phenoxy) is 4. The summed E-state index contributed by atoms with van der Waals surface area (Å²) in [5.41, 5.74) is 4.71. The molecule has 0 atom stereocenters. The van der Waals surface area contributed by atoms with E-state index in [1.165, 1.54) is 0 Å². The van der Waals surface area contributed by atoms with Gasteiger partial charge in [-0.2, -0.15) is 0 Å². The van der Waals surface area contributed by atoms with Crippen molar-refractivity contribution in [3.05, 3.63) is 122 Å². The van der Waals surface area contributed by atoms with Gasteiger partial charge in [0.2, 0.25) is 0 Å². The van der Waals surface area contributed by atoms with Crippen LogP contribution < -0.4 is 0 Å². The van der Waals surface area contributed by atoms with E-state index in [4.69, 9.17) is 18.9 Å². The third-order valence-electron chi connectivity index (χ3n) is 15.2. The first-order chi connectivity index (χ1) is 37.6. The number of carbonyl (C=O) groups is 4. The molecule has 83 heavy (non-hydrogen) atoms. The van der Waals surface area contributed by atoms with Crippen molar-refractivity contribution < 1.29 is 58.6 Å². The first-order valence-corrected chi connectivity index (χ1v) is 29.4. The van der Waals surface area contributed by atoms with Gasteiger partial charge in [0, 0.05) is 30.4 Å². The van der Waals surface area contributed by atoms with Crippen LogP contribution in [0.25, 0.3) is 5.57 Å². The van der Waals surface area contributed by atoms with E-state index in [2.05, 4.69) is 6.58 Å². The predicted octanol–water partition coefficient (Wildman–Crippen LogP) is 15.2. The number of phenols is 4. The van der Waals surface area contributed by atoms with Crippen molar-refractivity contribution in [1.82, 2.24) is 0 Å². The highest BCUT2D eigenvalue weighted by Gasteiger charge is 2.39. The molecule has 458 valence electrons. The van der Waals surface area contributed by atoms with Crippen molar-refractivity contribution in [3.63, 3.8) is 0 Å². The summed E-state index contributed by atoms with van der Waals surface area (Å²) in [6.45, 7) is 46.0. The Hall–Kier alpha value is -6.30. The average molecular weight is 1150 g/mol. The molecule has 0 heterocycles. The highest BCUT2D eigenvalue weighted by atomic mass is 16.6. The molecule has 0 bridgehead atoms. The molecule has 0 fully saturated rings. The fourth-order valence-corrected chi connectivity index (χ4v) is 10.00. The molecule has 0 spiro atoms. The predicted molar refractivity (Wildman–Crippen MR) is 333 cm³/mol. The highest BCUT2D eigenvalue weighted by molar-refractivity contribution is 5.74. The number of hydrogen-bond acceptors (Lipinski definition) is 12. The van der Waals surface area contributed by atoms with E-state index >= 15 is 0 Å². The Balaban J connectivity index is 1.78. The van der Waals surface area contributed by atoms with Gasteiger partial charge in [-0.05, 0) is 131 Å². The maximum Gasteiger partial charge on any atom is 0.310 e. The normalized spacial score (nSPS) is 12.9. The second-order valence-corrected chi connectivity index (χ2v) is 30.5. The number of benzene rings is 4. The minimum Gasteiger partial charge on any atom is -0.507 e. The Morgan fingerprint density at radius 1 is 0.349 bits per heavy atom. The van der Waals surface area contributed by atoms with Gasteiger partial charge in [-0.25, -0.2) is 0 Å². The largest absolute Gasteiger partial charge is 0.507 e. The Morgan fingerprint density at radius 3 is 0.807 bits per heavy atom.